The van der Waals surface area contributed by atoms with E-state index < -0.39 is 0 Å². The third-order valence-electron chi connectivity index (χ3n) is 1.93. The molecule has 3 nitrogen and oxygen atoms in total. The van der Waals surface area contributed by atoms with E-state index in [-0.39, 0.29) is 5.78 Å². The van der Waals surface area contributed by atoms with Crippen LogP contribution in [0.25, 0.3) is 0 Å². The molecule has 78 valence electrons. The molecule has 0 radical (unpaired) electrons. The molecule has 4 heteroatoms. The third kappa shape index (κ3) is 2.89. The van der Waals surface area contributed by atoms with Crippen LogP contribution in [-0.4, -0.2) is 23.9 Å². The minimum absolute atomic E-state index is 0.120. The molecule has 0 spiro atoms. The Morgan fingerprint density at radius 1 is 1.57 bits per heavy atom. The van der Waals surface area contributed by atoms with Gasteiger partial charge in [-0.3, -0.25) is 4.79 Å². The number of likely N-dealkylation sites (N-methyl/N-ethyl adjacent to an activating group) is 1. The van der Waals surface area contributed by atoms with E-state index >= 15 is 0 Å². The van der Waals surface area contributed by atoms with Gasteiger partial charge < -0.3 is 5.32 Å². The highest BCUT2D eigenvalue weighted by molar-refractivity contribution is 7.13. The summed E-state index contributed by atoms with van der Waals surface area (Å²) in [5, 5.41) is 4.29. The number of aryl methyl sites for hydroxylation is 1. The van der Waals surface area contributed by atoms with Gasteiger partial charge in [-0.15, -0.1) is 11.3 Å². The van der Waals surface area contributed by atoms with Crippen LogP contribution in [0.15, 0.2) is 0 Å². The number of nitrogens with one attached hydrogen (secondary N) is 1. The quantitative estimate of drug-likeness (QED) is 0.598. The summed E-state index contributed by atoms with van der Waals surface area (Å²) in [6.45, 7) is 7.47. The molecule has 1 aromatic heterocycles. The minimum Gasteiger partial charge on any atom is -0.317 e. The number of aromatic nitrogens is 1. The van der Waals surface area contributed by atoms with Crippen molar-refractivity contribution in [3.63, 3.8) is 0 Å². The molecule has 0 atom stereocenters. The predicted molar refractivity (Wildman–Crippen MR) is 59.1 cm³/mol. The Morgan fingerprint density at radius 2 is 2.29 bits per heavy atom. The lowest BCUT2D eigenvalue weighted by Gasteiger charge is -1.96. The van der Waals surface area contributed by atoms with Crippen molar-refractivity contribution in [2.45, 2.75) is 27.2 Å². The van der Waals surface area contributed by atoms with Crippen LogP contribution < -0.4 is 5.32 Å². The molecule has 0 fully saturated rings. The highest BCUT2D eigenvalue weighted by Gasteiger charge is 2.10. The Kier molecular flexibility index (Phi) is 4.22. The van der Waals surface area contributed by atoms with E-state index in [2.05, 4.69) is 17.2 Å². The fourth-order valence-electron chi connectivity index (χ4n) is 1.26. The molecule has 0 aliphatic rings. The van der Waals surface area contributed by atoms with E-state index in [1.165, 1.54) is 11.3 Å². The molecule has 0 unspecified atom stereocenters. The second kappa shape index (κ2) is 5.22. The number of hydrogen-bond acceptors (Lipinski definition) is 4. The maximum absolute atomic E-state index is 11.2. The summed E-state index contributed by atoms with van der Waals surface area (Å²) >= 11 is 1.52. The summed E-state index contributed by atoms with van der Waals surface area (Å²) in [5.74, 6) is 0.120. The number of hydrogen-bond donors (Lipinski definition) is 1. The second-order valence-electron chi connectivity index (χ2n) is 3.18. The first-order chi connectivity index (χ1) is 6.65. The first-order valence-electron chi connectivity index (χ1n) is 4.83. The van der Waals surface area contributed by atoms with Gasteiger partial charge in [-0.05, 0) is 13.5 Å². The Balaban J connectivity index is 2.62. The van der Waals surface area contributed by atoms with Crippen LogP contribution in [0.4, 0.5) is 0 Å². The molecule has 0 aliphatic heterocycles. The Hall–Kier alpha value is -0.740. The van der Waals surface area contributed by atoms with Crippen molar-refractivity contribution in [1.29, 1.82) is 0 Å². The average Bonchev–Trinajstić information content (AvgIpc) is 2.47. The van der Waals surface area contributed by atoms with E-state index in [1.54, 1.807) is 6.92 Å². The monoisotopic (exact) mass is 212 g/mol. The summed E-state index contributed by atoms with van der Waals surface area (Å²) in [6, 6.07) is 0. The molecule has 1 heterocycles. The number of ketones is 1. The highest BCUT2D eigenvalue weighted by atomic mass is 32.1. The van der Waals surface area contributed by atoms with Crippen molar-refractivity contribution >= 4 is 17.1 Å². The number of nitrogens with zero attached hydrogens (tertiary/aromatic N) is 1. The van der Waals surface area contributed by atoms with E-state index in [1.807, 2.05) is 6.92 Å². The molecule has 0 bridgehead atoms. The van der Waals surface area contributed by atoms with Crippen molar-refractivity contribution in [3.05, 3.63) is 15.6 Å². The number of Topliss-reactive ketones (excluding diaryl/α,β-unsaturated/α-hetero) is 1. The van der Waals surface area contributed by atoms with Gasteiger partial charge >= 0.3 is 0 Å². The first kappa shape index (κ1) is 11.3. The molecular weight excluding hydrogens is 196 g/mol. The van der Waals surface area contributed by atoms with E-state index in [9.17, 15) is 4.79 Å². The summed E-state index contributed by atoms with van der Waals surface area (Å²) in [6.07, 6.45) is 0.909. The summed E-state index contributed by atoms with van der Waals surface area (Å²) < 4.78 is 0. The second-order valence-corrected chi connectivity index (χ2v) is 4.27. The fourth-order valence-corrected chi connectivity index (χ4v) is 2.22. The number of thiazole rings is 1. The topological polar surface area (TPSA) is 42.0 Å². The first-order valence-corrected chi connectivity index (χ1v) is 5.64. The molecule has 0 aromatic carbocycles. The van der Waals surface area contributed by atoms with Crippen molar-refractivity contribution in [1.82, 2.24) is 10.3 Å². The van der Waals surface area contributed by atoms with Crippen molar-refractivity contribution < 1.29 is 4.79 Å². The van der Waals surface area contributed by atoms with Crippen molar-refractivity contribution in [2.24, 2.45) is 0 Å². The number of carbonyl (C=O) groups excluding carboxylic acids is 1. The smallest absolute Gasteiger partial charge is 0.171 e. The zero-order valence-electron chi connectivity index (χ0n) is 8.89. The molecule has 0 saturated heterocycles. The number of carbonyl (C=O) groups is 1. The molecule has 0 aliphatic carbocycles. The lowest BCUT2D eigenvalue weighted by molar-refractivity contribution is 0.102. The summed E-state index contributed by atoms with van der Waals surface area (Å²) in [5.41, 5.74) is 0.869. The zero-order valence-corrected chi connectivity index (χ0v) is 9.70. The van der Waals surface area contributed by atoms with Gasteiger partial charge in [0, 0.05) is 19.9 Å². The number of rotatable bonds is 5. The molecule has 1 aromatic rings. The Morgan fingerprint density at radius 3 is 2.79 bits per heavy atom. The van der Waals surface area contributed by atoms with Crippen LogP contribution in [0.5, 0.6) is 0 Å². The average molecular weight is 212 g/mol. The van der Waals surface area contributed by atoms with Crippen LogP contribution in [-0.2, 0) is 6.42 Å². The van der Waals surface area contributed by atoms with Gasteiger partial charge in [0.25, 0.3) is 0 Å². The van der Waals surface area contributed by atoms with E-state index in [0.717, 1.165) is 35.1 Å². The van der Waals surface area contributed by atoms with Crippen LogP contribution >= 0.6 is 11.3 Å². The normalized spacial score (nSPS) is 10.5. The van der Waals surface area contributed by atoms with Crippen LogP contribution in [0.2, 0.25) is 0 Å². The van der Waals surface area contributed by atoms with Crippen LogP contribution in [0.1, 0.15) is 34.2 Å². The van der Waals surface area contributed by atoms with Gasteiger partial charge in [0.1, 0.15) is 0 Å². The lowest BCUT2D eigenvalue weighted by Crippen LogP contribution is -2.15. The highest BCUT2D eigenvalue weighted by Crippen LogP contribution is 2.18. The summed E-state index contributed by atoms with van der Waals surface area (Å²) in [4.78, 5) is 16.3. The Bertz CT molecular complexity index is 320. The predicted octanol–water partition coefficient (Wildman–Crippen LogP) is 1.81. The fraction of sp³-hybridized carbons (Fsp3) is 0.600. The van der Waals surface area contributed by atoms with Gasteiger partial charge in [0.15, 0.2) is 5.78 Å². The Labute approximate surface area is 88.6 Å². The molecule has 0 amide bonds. The third-order valence-corrected chi connectivity index (χ3v) is 3.24. The van der Waals surface area contributed by atoms with Crippen molar-refractivity contribution in [3.8, 4) is 0 Å². The van der Waals surface area contributed by atoms with Crippen LogP contribution in [0, 0.1) is 6.92 Å². The van der Waals surface area contributed by atoms with Gasteiger partial charge in [0.2, 0.25) is 0 Å². The maximum atomic E-state index is 11.2. The van der Waals surface area contributed by atoms with Gasteiger partial charge in [-0.2, -0.15) is 0 Å². The minimum atomic E-state index is 0.120. The zero-order chi connectivity index (χ0) is 10.6. The SMILES string of the molecule is CCNCCc1nc(C)c(C(C)=O)s1. The standard InChI is InChI=1S/C10H16N2OS/c1-4-11-6-5-9-12-7(2)10(14-9)8(3)13/h11H,4-6H2,1-3H3. The molecular formula is C10H16N2OS. The maximum Gasteiger partial charge on any atom is 0.171 e. The van der Waals surface area contributed by atoms with Crippen LogP contribution in [0.3, 0.4) is 0 Å². The van der Waals surface area contributed by atoms with Crippen molar-refractivity contribution in [2.75, 3.05) is 13.1 Å². The lowest BCUT2D eigenvalue weighted by atomic mass is 10.3. The van der Waals surface area contributed by atoms with Gasteiger partial charge in [0.05, 0.1) is 15.6 Å². The molecule has 1 rings (SSSR count). The van der Waals surface area contributed by atoms with E-state index in [0.29, 0.717) is 0 Å². The molecule has 14 heavy (non-hydrogen) atoms. The molecule has 1 N–H and O–H groups in total. The van der Waals surface area contributed by atoms with E-state index in [4.69, 9.17) is 0 Å². The largest absolute Gasteiger partial charge is 0.317 e. The van der Waals surface area contributed by atoms with Gasteiger partial charge in [-0.1, -0.05) is 6.92 Å². The van der Waals surface area contributed by atoms with Gasteiger partial charge in [-0.25, -0.2) is 4.98 Å². The molecule has 0 saturated carbocycles. The summed E-state index contributed by atoms with van der Waals surface area (Å²) in [7, 11) is 0.